The fraction of sp³-hybridized carbons (Fsp3) is 0.250. The van der Waals surface area contributed by atoms with Crippen LogP contribution in [-0.2, 0) is 5.75 Å². The molecule has 110 valence electrons. The number of aromatic nitrogens is 4. The lowest BCUT2D eigenvalue weighted by atomic mass is 10.3. The summed E-state index contributed by atoms with van der Waals surface area (Å²) in [4.78, 5) is 29.5. The summed E-state index contributed by atoms with van der Waals surface area (Å²) in [5.41, 5.74) is 5.65. The van der Waals surface area contributed by atoms with Crippen LogP contribution in [0.1, 0.15) is 16.3 Å². The number of anilines is 2. The molecule has 0 unspecified atom stereocenters. The molecule has 8 nitrogen and oxygen atoms in total. The lowest BCUT2D eigenvalue weighted by molar-refractivity contribution is 0.0690. The van der Waals surface area contributed by atoms with Gasteiger partial charge in [-0.25, -0.2) is 9.78 Å². The van der Waals surface area contributed by atoms with Crippen molar-refractivity contribution in [2.75, 3.05) is 24.7 Å². The summed E-state index contributed by atoms with van der Waals surface area (Å²) in [6.07, 6.45) is 1.46. The number of rotatable bonds is 5. The molecule has 2 aromatic heterocycles. The van der Waals surface area contributed by atoms with Gasteiger partial charge in [0.25, 0.3) is 0 Å². The molecule has 0 aromatic carbocycles. The minimum absolute atomic E-state index is 0.00383. The van der Waals surface area contributed by atoms with E-state index in [0.717, 1.165) is 4.90 Å². The minimum atomic E-state index is -1.06. The number of thioether (sulfide) groups is 1. The normalized spacial score (nSPS) is 10.4. The van der Waals surface area contributed by atoms with Gasteiger partial charge in [0.05, 0.1) is 5.75 Å². The monoisotopic (exact) mass is 306 g/mol. The van der Waals surface area contributed by atoms with Gasteiger partial charge in [-0.05, 0) is 12.1 Å². The van der Waals surface area contributed by atoms with Crippen molar-refractivity contribution in [1.29, 1.82) is 0 Å². The van der Waals surface area contributed by atoms with Crippen LogP contribution in [0.4, 0.5) is 11.9 Å². The maximum absolute atomic E-state index is 10.9. The van der Waals surface area contributed by atoms with E-state index in [2.05, 4.69) is 19.9 Å². The van der Waals surface area contributed by atoms with E-state index in [-0.39, 0.29) is 11.6 Å². The Bertz CT molecular complexity index is 664. The molecule has 0 aliphatic heterocycles. The van der Waals surface area contributed by atoms with Crippen LogP contribution in [0.2, 0.25) is 0 Å². The molecule has 0 atom stereocenters. The van der Waals surface area contributed by atoms with Crippen molar-refractivity contribution in [2.45, 2.75) is 10.6 Å². The highest BCUT2D eigenvalue weighted by Crippen LogP contribution is 2.22. The number of pyridine rings is 1. The molecule has 0 saturated carbocycles. The molecule has 21 heavy (non-hydrogen) atoms. The Balaban J connectivity index is 2.13. The third-order valence-electron chi connectivity index (χ3n) is 2.41. The van der Waals surface area contributed by atoms with Crippen LogP contribution in [0.5, 0.6) is 0 Å². The standard InChI is InChI=1S/C12H14N6O2S/c1-18(2)12-16-9(15-11(13)17-12)6-21-7-3-4-14-8(5-7)10(19)20/h3-5H,6H2,1-2H3,(H,19,20)(H2,13,15,16,17). The third-order valence-corrected chi connectivity index (χ3v) is 3.40. The van der Waals surface area contributed by atoms with Crippen molar-refractivity contribution in [3.05, 3.63) is 29.8 Å². The van der Waals surface area contributed by atoms with Crippen LogP contribution >= 0.6 is 11.8 Å². The van der Waals surface area contributed by atoms with Gasteiger partial charge >= 0.3 is 5.97 Å². The van der Waals surface area contributed by atoms with Crippen LogP contribution in [0, 0.1) is 0 Å². The van der Waals surface area contributed by atoms with Crippen molar-refractivity contribution < 1.29 is 9.90 Å². The van der Waals surface area contributed by atoms with E-state index in [9.17, 15) is 4.79 Å². The summed E-state index contributed by atoms with van der Waals surface area (Å²) in [6, 6.07) is 3.24. The molecule has 2 rings (SSSR count). The Morgan fingerprint density at radius 2 is 2.14 bits per heavy atom. The maximum Gasteiger partial charge on any atom is 0.354 e. The van der Waals surface area contributed by atoms with Crippen LogP contribution < -0.4 is 10.6 Å². The van der Waals surface area contributed by atoms with Gasteiger partial charge in [0.2, 0.25) is 11.9 Å². The first-order valence-electron chi connectivity index (χ1n) is 5.95. The predicted octanol–water partition coefficient (Wildman–Crippen LogP) is 0.905. The Hall–Kier alpha value is -2.42. The number of carboxylic acid groups (broad SMARTS) is 1. The first kappa shape index (κ1) is 15.0. The summed E-state index contributed by atoms with van der Waals surface area (Å²) in [6.45, 7) is 0. The van der Waals surface area contributed by atoms with Gasteiger partial charge in [-0.15, -0.1) is 11.8 Å². The molecular formula is C12H14N6O2S. The van der Waals surface area contributed by atoms with E-state index < -0.39 is 5.97 Å². The van der Waals surface area contributed by atoms with Gasteiger partial charge in [-0.3, -0.25) is 0 Å². The first-order valence-corrected chi connectivity index (χ1v) is 6.94. The second-order valence-electron chi connectivity index (χ2n) is 4.27. The number of carboxylic acids is 1. The Morgan fingerprint density at radius 1 is 1.38 bits per heavy atom. The van der Waals surface area contributed by atoms with E-state index in [1.54, 1.807) is 11.0 Å². The highest BCUT2D eigenvalue weighted by atomic mass is 32.2. The Morgan fingerprint density at radius 3 is 2.81 bits per heavy atom. The quantitative estimate of drug-likeness (QED) is 0.777. The molecule has 2 heterocycles. The molecule has 3 N–H and O–H groups in total. The number of nitrogens with two attached hydrogens (primary N) is 1. The Labute approximate surface area is 125 Å². The molecule has 0 aliphatic rings. The van der Waals surface area contributed by atoms with Crippen LogP contribution in [0.25, 0.3) is 0 Å². The van der Waals surface area contributed by atoms with Gasteiger partial charge in [-0.2, -0.15) is 15.0 Å². The zero-order chi connectivity index (χ0) is 15.4. The highest BCUT2D eigenvalue weighted by molar-refractivity contribution is 7.98. The number of hydrogen-bond donors (Lipinski definition) is 2. The fourth-order valence-electron chi connectivity index (χ4n) is 1.46. The van der Waals surface area contributed by atoms with E-state index in [1.807, 2.05) is 14.1 Å². The molecule has 9 heteroatoms. The van der Waals surface area contributed by atoms with Crippen LogP contribution in [0.3, 0.4) is 0 Å². The molecule has 2 aromatic rings. The average Bonchev–Trinajstić information content (AvgIpc) is 2.45. The van der Waals surface area contributed by atoms with E-state index in [1.165, 1.54) is 24.0 Å². The molecule has 0 amide bonds. The summed E-state index contributed by atoms with van der Waals surface area (Å²) in [7, 11) is 3.63. The smallest absolute Gasteiger partial charge is 0.354 e. The largest absolute Gasteiger partial charge is 0.477 e. The summed E-state index contributed by atoms with van der Waals surface area (Å²) < 4.78 is 0. The number of nitrogen functional groups attached to an aromatic ring is 1. The lowest BCUT2D eigenvalue weighted by Crippen LogP contribution is -2.15. The second kappa shape index (κ2) is 6.35. The fourth-order valence-corrected chi connectivity index (χ4v) is 2.23. The lowest BCUT2D eigenvalue weighted by Gasteiger charge is -2.11. The molecule has 0 bridgehead atoms. The third kappa shape index (κ3) is 4.02. The van der Waals surface area contributed by atoms with Crippen molar-refractivity contribution >= 4 is 29.6 Å². The zero-order valence-electron chi connectivity index (χ0n) is 11.5. The number of nitrogens with zero attached hydrogens (tertiary/aromatic N) is 5. The average molecular weight is 306 g/mol. The second-order valence-corrected chi connectivity index (χ2v) is 5.32. The maximum atomic E-state index is 10.9. The van der Waals surface area contributed by atoms with E-state index >= 15 is 0 Å². The minimum Gasteiger partial charge on any atom is -0.477 e. The van der Waals surface area contributed by atoms with Crippen molar-refractivity contribution in [2.24, 2.45) is 0 Å². The van der Waals surface area contributed by atoms with Crippen molar-refractivity contribution in [3.63, 3.8) is 0 Å². The molecule has 0 aliphatic carbocycles. The predicted molar refractivity (Wildman–Crippen MR) is 79.3 cm³/mol. The van der Waals surface area contributed by atoms with Gasteiger partial charge in [0, 0.05) is 25.2 Å². The van der Waals surface area contributed by atoms with E-state index in [4.69, 9.17) is 10.8 Å². The van der Waals surface area contributed by atoms with Crippen molar-refractivity contribution in [3.8, 4) is 0 Å². The summed E-state index contributed by atoms with van der Waals surface area (Å²) in [5.74, 6) is 0.572. The first-order chi connectivity index (χ1) is 9.95. The summed E-state index contributed by atoms with van der Waals surface area (Å²) >= 11 is 1.40. The molecule has 0 saturated heterocycles. The van der Waals surface area contributed by atoms with Gasteiger partial charge < -0.3 is 15.7 Å². The van der Waals surface area contributed by atoms with Gasteiger partial charge in [0.15, 0.2) is 0 Å². The molecule has 0 radical (unpaired) electrons. The topological polar surface area (TPSA) is 118 Å². The molecular weight excluding hydrogens is 292 g/mol. The van der Waals surface area contributed by atoms with E-state index in [0.29, 0.717) is 17.5 Å². The van der Waals surface area contributed by atoms with Gasteiger partial charge in [0.1, 0.15) is 11.5 Å². The van der Waals surface area contributed by atoms with Crippen LogP contribution in [-0.4, -0.2) is 45.1 Å². The van der Waals surface area contributed by atoms with Crippen LogP contribution in [0.15, 0.2) is 23.2 Å². The summed E-state index contributed by atoms with van der Waals surface area (Å²) in [5, 5.41) is 8.90. The Kier molecular flexibility index (Phi) is 4.53. The SMILES string of the molecule is CN(C)c1nc(N)nc(CSc2ccnc(C(=O)O)c2)n1. The zero-order valence-corrected chi connectivity index (χ0v) is 12.3. The van der Waals surface area contributed by atoms with Crippen molar-refractivity contribution in [1.82, 2.24) is 19.9 Å². The number of carbonyl (C=O) groups is 1. The number of hydrogen-bond acceptors (Lipinski definition) is 8. The molecule has 0 fully saturated rings. The molecule has 0 spiro atoms. The highest BCUT2D eigenvalue weighted by Gasteiger charge is 2.09. The number of aromatic carboxylic acids is 1. The van der Waals surface area contributed by atoms with Gasteiger partial charge in [-0.1, -0.05) is 0 Å².